The third-order valence-corrected chi connectivity index (χ3v) is 7.19. The Balaban J connectivity index is 2.12. The van der Waals surface area contributed by atoms with E-state index in [0.717, 1.165) is 10.7 Å². The number of aryl methyl sites for hydroxylation is 2. The number of esters is 1. The maximum Gasteiger partial charge on any atom is 0.328 e. The van der Waals surface area contributed by atoms with Gasteiger partial charge in [0.15, 0.2) is 0 Å². The van der Waals surface area contributed by atoms with Crippen molar-refractivity contribution in [1.29, 1.82) is 0 Å². The minimum absolute atomic E-state index is 0.141. The van der Waals surface area contributed by atoms with Crippen molar-refractivity contribution < 1.29 is 17.9 Å². The van der Waals surface area contributed by atoms with Gasteiger partial charge < -0.3 is 4.74 Å². The average Bonchev–Trinajstić information content (AvgIpc) is 2.95. The lowest BCUT2D eigenvalue weighted by molar-refractivity contribution is -0.141. The SMILES string of the molecule is CCCCOC(=O)CN(c1ccc2c(c1)n(C)c(=O)n2C)S(=O)(=O)c1cc(Cl)cc(Cl)c1. The Morgan fingerprint density at radius 1 is 1.03 bits per heavy atom. The third-order valence-electron chi connectivity index (χ3n) is 5.00. The first-order chi connectivity index (χ1) is 15.1. The van der Waals surface area contributed by atoms with Crippen molar-refractivity contribution in [2.24, 2.45) is 14.1 Å². The summed E-state index contributed by atoms with van der Waals surface area (Å²) in [6, 6.07) is 8.63. The third kappa shape index (κ3) is 4.79. The van der Waals surface area contributed by atoms with Crippen LogP contribution in [0.4, 0.5) is 5.69 Å². The van der Waals surface area contributed by atoms with Gasteiger partial charge in [-0.25, -0.2) is 13.2 Å². The Kier molecular flexibility index (Phi) is 7.22. The normalized spacial score (nSPS) is 11.7. The minimum Gasteiger partial charge on any atom is -0.464 e. The number of hydrogen-bond acceptors (Lipinski definition) is 5. The molecule has 0 aliphatic rings. The molecule has 3 rings (SSSR count). The smallest absolute Gasteiger partial charge is 0.328 e. The predicted octanol–water partition coefficient (Wildman–Crippen LogP) is 3.72. The van der Waals surface area contributed by atoms with Crippen molar-refractivity contribution in [2.45, 2.75) is 24.7 Å². The molecule has 0 N–H and O–H groups in total. The Hall–Kier alpha value is -2.49. The molecular weight excluding hydrogens is 477 g/mol. The van der Waals surface area contributed by atoms with Crippen LogP contribution in [0.5, 0.6) is 0 Å². The Bertz CT molecular complexity index is 1310. The fourth-order valence-corrected chi connectivity index (χ4v) is 5.39. The summed E-state index contributed by atoms with van der Waals surface area (Å²) in [5, 5.41) is 0.282. The first-order valence-electron chi connectivity index (χ1n) is 9.86. The maximum atomic E-state index is 13.5. The number of carbonyl (C=O) groups excluding carboxylic acids is 1. The van der Waals surface area contributed by atoms with Crippen molar-refractivity contribution in [3.8, 4) is 0 Å². The van der Waals surface area contributed by atoms with Gasteiger partial charge in [0, 0.05) is 24.1 Å². The van der Waals surface area contributed by atoms with Gasteiger partial charge >= 0.3 is 11.7 Å². The highest BCUT2D eigenvalue weighted by Crippen LogP contribution is 2.30. The highest BCUT2D eigenvalue weighted by Gasteiger charge is 2.29. The zero-order valence-corrected chi connectivity index (χ0v) is 20.2. The summed E-state index contributed by atoms with van der Waals surface area (Å²) in [5.41, 5.74) is 1.07. The van der Waals surface area contributed by atoms with Crippen LogP contribution in [0.25, 0.3) is 11.0 Å². The zero-order chi connectivity index (χ0) is 23.6. The molecule has 32 heavy (non-hydrogen) atoms. The molecule has 0 atom stereocenters. The van der Waals surface area contributed by atoms with Gasteiger partial charge in [-0.3, -0.25) is 18.2 Å². The number of rotatable bonds is 8. The van der Waals surface area contributed by atoms with E-state index in [4.69, 9.17) is 27.9 Å². The lowest BCUT2D eigenvalue weighted by Crippen LogP contribution is -2.36. The van der Waals surface area contributed by atoms with E-state index in [-0.39, 0.29) is 32.9 Å². The number of imidazole rings is 1. The summed E-state index contributed by atoms with van der Waals surface area (Å²) in [6.45, 7) is 1.59. The van der Waals surface area contributed by atoms with Crippen LogP contribution >= 0.6 is 23.2 Å². The Morgan fingerprint density at radius 2 is 1.66 bits per heavy atom. The second-order valence-corrected chi connectivity index (χ2v) is 10.00. The van der Waals surface area contributed by atoms with Gasteiger partial charge in [0.25, 0.3) is 10.0 Å². The van der Waals surface area contributed by atoms with Gasteiger partial charge in [-0.05, 0) is 42.8 Å². The highest BCUT2D eigenvalue weighted by atomic mass is 35.5. The van der Waals surface area contributed by atoms with Crippen molar-refractivity contribution in [3.05, 3.63) is 56.9 Å². The number of fused-ring (bicyclic) bond motifs is 1. The van der Waals surface area contributed by atoms with Crippen molar-refractivity contribution in [3.63, 3.8) is 0 Å². The van der Waals surface area contributed by atoms with Crippen LogP contribution in [0.1, 0.15) is 19.8 Å². The fourth-order valence-electron chi connectivity index (χ4n) is 3.26. The quantitative estimate of drug-likeness (QED) is 0.347. The largest absolute Gasteiger partial charge is 0.464 e. The van der Waals surface area contributed by atoms with Crippen LogP contribution in [-0.2, 0) is 33.7 Å². The van der Waals surface area contributed by atoms with Crippen LogP contribution in [0, 0.1) is 0 Å². The van der Waals surface area contributed by atoms with E-state index in [1.807, 2.05) is 6.92 Å². The van der Waals surface area contributed by atoms with E-state index in [1.165, 1.54) is 33.4 Å². The molecule has 172 valence electrons. The highest BCUT2D eigenvalue weighted by molar-refractivity contribution is 7.92. The van der Waals surface area contributed by atoms with E-state index in [9.17, 15) is 18.0 Å². The van der Waals surface area contributed by atoms with E-state index < -0.39 is 22.5 Å². The molecule has 0 aliphatic heterocycles. The van der Waals surface area contributed by atoms with Gasteiger partial charge in [-0.2, -0.15) is 0 Å². The van der Waals surface area contributed by atoms with Crippen LogP contribution < -0.4 is 9.99 Å². The van der Waals surface area contributed by atoms with Crippen LogP contribution in [-0.4, -0.2) is 36.7 Å². The van der Waals surface area contributed by atoms with E-state index in [1.54, 1.807) is 26.2 Å². The first-order valence-corrected chi connectivity index (χ1v) is 12.1. The van der Waals surface area contributed by atoms with Crippen molar-refractivity contribution >= 4 is 55.9 Å². The topological polar surface area (TPSA) is 90.6 Å². The second-order valence-electron chi connectivity index (χ2n) is 7.26. The summed E-state index contributed by atoms with van der Waals surface area (Å²) in [4.78, 5) is 24.6. The van der Waals surface area contributed by atoms with E-state index in [2.05, 4.69) is 0 Å². The molecule has 0 spiro atoms. The number of anilines is 1. The molecule has 0 amide bonds. The minimum atomic E-state index is -4.24. The van der Waals surface area contributed by atoms with E-state index >= 15 is 0 Å². The zero-order valence-electron chi connectivity index (χ0n) is 17.8. The summed E-state index contributed by atoms with van der Waals surface area (Å²) < 4.78 is 36.0. The number of aromatic nitrogens is 2. The number of unbranched alkanes of at least 4 members (excludes halogenated alkanes) is 1. The molecule has 1 heterocycles. The molecule has 2 aromatic carbocycles. The fraction of sp³-hybridized carbons (Fsp3) is 0.333. The number of halogens is 2. The van der Waals surface area contributed by atoms with Gasteiger partial charge in [0.2, 0.25) is 0 Å². The van der Waals surface area contributed by atoms with Crippen molar-refractivity contribution in [1.82, 2.24) is 9.13 Å². The molecule has 0 unspecified atom stereocenters. The van der Waals surface area contributed by atoms with Crippen LogP contribution in [0.3, 0.4) is 0 Å². The van der Waals surface area contributed by atoms with Crippen LogP contribution in [0.2, 0.25) is 10.0 Å². The second kappa shape index (κ2) is 9.56. The predicted molar refractivity (Wildman–Crippen MR) is 125 cm³/mol. The maximum absolute atomic E-state index is 13.5. The van der Waals surface area contributed by atoms with Gasteiger partial charge in [-0.1, -0.05) is 36.5 Å². The lowest BCUT2D eigenvalue weighted by atomic mass is 10.2. The Morgan fingerprint density at radius 3 is 2.28 bits per heavy atom. The number of sulfonamides is 1. The standard InChI is InChI=1S/C21H23Cl2N3O5S/c1-4-5-8-31-20(27)13-26(32(29,30)17-10-14(22)9-15(23)11-17)16-6-7-18-19(12-16)25(3)21(28)24(18)2/h6-7,9-12H,4-5,8,13H2,1-3H3. The monoisotopic (exact) mass is 499 g/mol. The molecule has 0 bridgehead atoms. The molecule has 0 radical (unpaired) electrons. The molecule has 0 saturated carbocycles. The molecule has 0 aliphatic carbocycles. The molecule has 11 heteroatoms. The van der Waals surface area contributed by atoms with Crippen molar-refractivity contribution in [2.75, 3.05) is 17.5 Å². The van der Waals surface area contributed by atoms with Gasteiger partial charge in [-0.15, -0.1) is 0 Å². The van der Waals surface area contributed by atoms with Gasteiger partial charge in [0.05, 0.1) is 28.2 Å². The van der Waals surface area contributed by atoms with Gasteiger partial charge in [0.1, 0.15) is 6.54 Å². The molecule has 3 aromatic rings. The summed E-state index contributed by atoms with van der Waals surface area (Å²) in [7, 11) is -1.03. The Labute approximate surface area is 196 Å². The molecular formula is C21H23Cl2N3O5S. The number of ether oxygens (including phenoxy) is 1. The first kappa shape index (κ1) is 24.2. The van der Waals surface area contributed by atoms with E-state index in [0.29, 0.717) is 17.5 Å². The average molecular weight is 500 g/mol. The summed E-state index contributed by atoms with van der Waals surface area (Å²) >= 11 is 12.0. The molecule has 8 nitrogen and oxygen atoms in total. The lowest BCUT2D eigenvalue weighted by Gasteiger charge is -2.24. The number of benzene rings is 2. The molecule has 1 aromatic heterocycles. The summed E-state index contributed by atoms with van der Waals surface area (Å²) in [6.07, 6.45) is 1.50. The molecule has 0 saturated heterocycles. The number of hydrogen-bond donors (Lipinski definition) is 0. The molecule has 0 fully saturated rings. The summed E-state index contributed by atoms with van der Waals surface area (Å²) in [5.74, 6) is -0.697. The van der Waals surface area contributed by atoms with Crippen LogP contribution in [0.15, 0.2) is 46.1 Å². The number of nitrogens with zero attached hydrogens (tertiary/aromatic N) is 3. The number of carbonyl (C=O) groups is 1.